The van der Waals surface area contributed by atoms with Crippen LogP contribution in [0.25, 0.3) is 0 Å². The highest BCUT2D eigenvalue weighted by Crippen LogP contribution is 2.37. The van der Waals surface area contributed by atoms with E-state index in [-0.39, 0.29) is 18.4 Å². The van der Waals surface area contributed by atoms with Gasteiger partial charge in [-0.05, 0) is 43.5 Å². The first-order valence-electron chi connectivity index (χ1n) is 8.59. The zero-order valence-corrected chi connectivity index (χ0v) is 14.9. The lowest BCUT2D eigenvalue weighted by atomic mass is 9.78. The molecule has 140 valence electrons. The summed E-state index contributed by atoms with van der Waals surface area (Å²) < 4.78 is 5.16. The minimum Gasteiger partial charge on any atom is -0.497 e. The molecule has 0 aliphatic carbocycles. The van der Waals surface area contributed by atoms with E-state index in [1.165, 1.54) is 0 Å². The zero-order valence-electron chi connectivity index (χ0n) is 14.9. The summed E-state index contributed by atoms with van der Waals surface area (Å²) >= 11 is 0. The Labute approximate surface area is 151 Å². The predicted molar refractivity (Wildman–Crippen MR) is 94.2 cm³/mol. The smallest absolute Gasteiger partial charge is 0.321 e. The van der Waals surface area contributed by atoms with Crippen LogP contribution in [0.2, 0.25) is 0 Å². The molecule has 2 aliphatic heterocycles. The van der Waals surface area contributed by atoms with Crippen molar-refractivity contribution >= 4 is 23.6 Å². The third kappa shape index (κ3) is 3.31. The lowest BCUT2D eigenvalue weighted by Crippen LogP contribution is -2.57. The first-order chi connectivity index (χ1) is 12.3. The highest BCUT2D eigenvalue weighted by Gasteiger charge is 2.52. The molecule has 0 unspecified atom stereocenters. The van der Waals surface area contributed by atoms with Gasteiger partial charge in [0.15, 0.2) is 0 Å². The number of urea groups is 1. The van der Waals surface area contributed by atoms with Crippen LogP contribution in [0.3, 0.4) is 0 Å². The molecule has 2 aliphatic rings. The molecule has 1 aromatic carbocycles. The van der Waals surface area contributed by atoms with Crippen LogP contribution in [0.15, 0.2) is 18.2 Å². The number of carboxylic acid groups (broad SMARTS) is 1. The van der Waals surface area contributed by atoms with Crippen molar-refractivity contribution in [3.63, 3.8) is 0 Å². The molecular weight excluding hydrogens is 338 g/mol. The van der Waals surface area contributed by atoms with Crippen LogP contribution in [0, 0.1) is 12.8 Å². The molecule has 0 aromatic heterocycles. The fourth-order valence-corrected chi connectivity index (χ4v) is 3.80. The van der Waals surface area contributed by atoms with Crippen molar-refractivity contribution in [2.75, 3.05) is 25.5 Å². The van der Waals surface area contributed by atoms with Gasteiger partial charge in [0.25, 0.3) is 0 Å². The van der Waals surface area contributed by atoms with Crippen LogP contribution in [0.1, 0.15) is 24.8 Å². The van der Waals surface area contributed by atoms with E-state index in [0.29, 0.717) is 31.6 Å². The fraction of sp³-hybridized carbons (Fsp3) is 0.500. The number of nitrogens with one attached hydrogen (secondary N) is 2. The molecule has 3 N–H and O–H groups in total. The molecule has 2 heterocycles. The third-order valence-corrected chi connectivity index (χ3v) is 5.36. The number of nitrogens with zero attached hydrogens (tertiary/aromatic N) is 1. The van der Waals surface area contributed by atoms with E-state index in [1.807, 2.05) is 13.0 Å². The van der Waals surface area contributed by atoms with Crippen LogP contribution in [-0.2, 0) is 9.59 Å². The van der Waals surface area contributed by atoms with Crippen LogP contribution >= 0.6 is 0 Å². The average molecular weight is 361 g/mol. The van der Waals surface area contributed by atoms with Crippen molar-refractivity contribution < 1.29 is 24.2 Å². The molecule has 8 nitrogen and oxygen atoms in total. The summed E-state index contributed by atoms with van der Waals surface area (Å²) in [5.41, 5.74) is 0.851. The van der Waals surface area contributed by atoms with Crippen molar-refractivity contribution in [2.24, 2.45) is 5.92 Å². The molecule has 1 atom stereocenters. The highest BCUT2D eigenvalue weighted by molar-refractivity contribution is 5.91. The second kappa shape index (κ2) is 6.86. The van der Waals surface area contributed by atoms with Crippen molar-refractivity contribution in [1.29, 1.82) is 0 Å². The summed E-state index contributed by atoms with van der Waals surface area (Å²) in [6.45, 7) is 2.67. The van der Waals surface area contributed by atoms with Crippen LogP contribution < -0.4 is 15.4 Å². The van der Waals surface area contributed by atoms with Crippen molar-refractivity contribution in [1.82, 2.24) is 10.2 Å². The number of carbonyl (C=O) groups excluding carboxylic acids is 2. The molecular formula is C18H23N3O5. The lowest BCUT2D eigenvalue weighted by molar-refractivity contribution is -0.144. The SMILES string of the molecule is COc1ccc(NC(=O)N2CCC3(CC2)NC(=O)C[C@@H]3C(=O)O)c(C)c1. The maximum absolute atomic E-state index is 12.5. The standard InChI is InChI=1S/C18H23N3O5/c1-11-9-12(26-2)3-4-14(11)19-17(25)21-7-5-18(6-8-21)13(16(23)24)10-15(22)20-18/h3-4,9,13H,5-8,10H2,1-2H3,(H,19,25)(H,20,22)(H,23,24)/t13-/m1/s1. The number of carbonyl (C=O) groups is 3. The Morgan fingerprint density at radius 2 is 2.04 bits per heavy atom. The second-order valence-corrected chi connectivity index (χ2v) is 6.90. The summed E-state index contributed by atoms with van der Waals surface area (Å²) in [5.74, 6) is -1.21. The van der Waals surface area contributed by atoms with Gasteiger partial charge in [-0.15, -0.1) is 0 Å². The first-order valence-corrected chi connectivity index (χ1v) is 8.59. The molecule has 1 aromatic rings. The van der Waals surface area contributed by atoms with Gasteiger partial charge >= 0.3 is 12.0 Å². The minimum absolute atomic E-state index is 0.00652. The fourth-order valence-electron chi connectivity index (χ4n) is 3.80. The Bertz CT molecular complexity index is 740. The summed E-state index contributed by atoms with van der Waals surface area (Å²) in [6, 6.07) is 5.17. The number of rotatable bonds is 3. The molecule has 0 radical (unpaired) electrons. The molecule has 3 rings (SSSR count). The topological polar surface area (TPSA) is 108 Å². The Hall–Kier alpha value is -2.77. The number of carboxylic acids is 1. The molecule has 0 bridgehead atoms. The maximum Gasteiger partial charge on any atom is 0.321 e. The molecule has 26 heavy (non-hydrogen) atoms. The number of methoxy groups -OCH3 is 1. The maximum atomic E-state index is 12.5. The molecule has 3 amide bonds. The average Bonchev–Trinajstić information content (AvgIpc) is 2.93. The summed E-state index contributed by atoms with van der Waals surface area (Å²) in [5, 5.41) is 15.1. The lowest BCUT2D eigenvalue weighted by Gasteiger charge is -2.41. The number of ether oxygens (including phenoxy) is 1. The van der Waals surface area contributed by atoms with E-state index in [4.69, 9.17) is 4.74 Å². The number of hydrogen-bond donors (Lipinski definition) is 3. The highest BCUT2D eigenvalue weighted by atomic mass is 16.5. The Morgan fingerprint density at radius 1 is 1.35 bits per heavy atom. The number of aryl methyl sites for hydroxylation is 1. The number of aliphatic carboxylic acids is 1. The van der Waals surface area contributed by atoms with Gasteiger partial charge in [0.05, 0.1) is 18.6 Å². The quantitative estimate of drug-likeness (QED) is 0.758. The van der Waals surface area contributed by atoms with Gasteiger partial charge in [0.2, 0.25) is 5.91 Å². The van der Waals surface area contributed by atoms with Gasteiger partial charge in [0, 0.05) is 25.2 Å². The predicted octanol–water partition coefficient (Wildman–Crippen LogP) is 1.59. The van der Waals surface area contributed by atoms with Gasteiger partial charge in [0.1, 0.15) is 5.75 Å². The van der Waals surface area contributed by atoms with Crippen LogP contribution in [0.5, 0.6) is 5.75 Å². The summed E-state index contributed by atoms with van der Waals surface area (Å²) in [4.78, 5) is 37.4. The number of hydrogen-bond acceptors (Lipinski definition) is 4. The van der Waals surface area contributed by atoms with E-state index in [1.54, 1.807) is 24.1 Å². The van der Waals surface area contributed by atoms with E-state index >= 15 is 0 Å². The number of likely N-dealkylation sites (tertiary alicyclic amines) is 1. The summed E-state index contributed by atoms with van der Waals surface area (Å²) in [6.07, 6.45) is 0.877. The van der Waals surface area contributed by atoms with Gasteiger partial charge in [-0.3, -0.25) is 9.59 Å². The van der Waals surface area contributed by atoms with Crippen molar-refractivity contribution in [3.8, 4) is 5.75 Å². The molecule has 2 saturated heterocycles. The number of amides is 3. The van der Waals surface area contributed by atoms with Crippen LogP contribution in [0.4, 0.5) is 10.5 Å². The Balaban J connectivity index is 1.64. The van der Waals surface area contributed by atoms with E-state index in [9.17, 15) is 19.5 Å². The van der Waals surface area contributed by atoms with Gasteiger partial charge in [-0.25, -0.2) is 4.79 Å². The first kappa shape index (κ1) is 18.0. The molecule has 1 spiro atoms. The van der Waals surface area contributed by atoms with Crippen molar-refractivity contribution in [3.05, 3.63) is 23.8 Å². The molecule has 2 fully saturated rings. The zero-order chi connectivity index (χ0) is 18.9. The number of anilines is 1. The number of piperidine rings is 1. The second-order valence-electron chi connectivity index (χ2n) is 6.90. The largest absolute Gasteiger partial charge is 0.497 e. The third-order valence-electron chi connectivity index (χ3n) is 5.36. The number of benzene rings is 1. The Kier molecular flexibility index (Phi) is 4.76. The van der Waals surface area contributed by atoms with E-state index < -0.39 is 17.4 Å². The van der Waals surface area contributed by atoms with Crippen LogP contribution in [-0.4, -0.2) is 53.7 Å². The monoisotopic (exact) mass is 361 g/mol. The minimum atomic E-state index is -0.963. The Morgan fingerprint density at radius 3 is 2.62 bits per heavy atom. The van der Waals surface area contributed by atoms with Gasteiger partial charge in [-0.2, -0.15) is 0 Å². The van der Waals surface area contributed by atoms with Crippen molar-refractivity contribution in [2.45, 2.75) is 31.7 Å². The van der Waals surface area contributed by atoms with Gasteiger partial charge in [-0.1, -0.05) is 0 Å². The normalized spacial score (nSPS) is 21.4. The van der Waals surface area contributed by atoms with Gasteiger partial charge < -0.3 is 25.4 Å². The van der Waals surface area contributed by atoms with E-state index in [2.05, 4.69) is 10.6 Å². The molecule has 0 saturated carbocycles. The van der Waals surface area contributed by atoms with E-state index in [0.717, 1.165) is 11.3 Å². The summed E-state index contributed by atoms with van der Waals surface area (Å²) in [7, 11) is 1.59. The molecule has 8 heteroatoms.